The molecule has 1 saturated heterocycles. The van der Waals surface area contributed by atoms with E-state index in [1.54, 1.807) is 0 Å². The second kappa shape index (κ2) is 3.29. The summed E-state index contributed by atoms with van der Waals surface area (Å²) in [7, 11) is 0. The van der Waals surface area contributed by atoms with Crippen molar-refractivity contribution in [1.82, 2.24) is 4.90 Å². The lowest BCUT2D eigenvalue weighted by Gasteiger charge is -2.15. The van der Waals surface area contributed by atoms with Gasteiger partial charge >= 0.3 is 0 Å². The summed E-state index contributed by atoms with van der Waals surface area (Å²) in [5.41, 5.74) is 5.55. The number of hydrogen-bond acceptors (Lipinski definition) is 2. The molecule has 1 aliphatic heterocycles. The third-order valence-corrected chi connectivity index (χ3v) is 3.36. The van der Waals surface area contributed by atoms with Crippen molar-refractivity contribution < 1.29 is 4.79 Å². The smallest absolute Gasteiger partial charge is 0.222 e. The summed E-state index contributed by atoms with van der Waals surface area (Å²) in [6.07, 6.45) is 1.98. The predicted octanol–water partition coefficient (Wildman–Crippen LogP) is 0.450. The molecule has 74 valence electrons. The highest BCUT2D eigenvalue weighted by Crippen LogP contribution is 2.39. The van der Waals surface area contributed by atoms with Gasteiger partial charge in [0, 0.05) is 19.5 Å². The highest BCUT2D eigenvalue weighted by atomic mass is 16.2. The normalized spacial score (nSPS) is 38.5. The highest BCUT2D eigenvalue weighted by molar-refractivity contribution is 5.78. The van der Waals surface area contributed by atoms with Crippen molar-refractivity contribution in [2.24, 2.45) is 23.5 Å². The molecule has 1 amide bonds. The molecule has 3 heteroatoms. The molecule has 13 heavy (non-hydrogen) atoms. The van der Waals surface area contributed by atoms with Gasteiger partial charge in [-0.05, 0) is 30.7 Å². The Morgan fingerprint density at radius 3 is 2.77 bits per heavy atom. The van der Waals surface area contributed by atoms with E-state index in [9.17, 15) is 4.79 Å². The fraction of sp³-hybridized carbons (Fsp3) is 0.900. The average Bonchev–Trinajstić information content (AvgIpc) is 2.65. The van der Waals surface area contributed by atoms with Crippen LogP contribution in [-0.2, 0) is 4.79 Å². The van der Waals surface area contributed by atoms with E-state index in [4.69, 9.17) is 5.73 Å². The maximum atomic E-state index is 11.5. The lowest BCUT2D eigenvalue weighted by molar-refractivity contribution is -0.127. The van der Waals surface area contributed by atoms with Crippen LogP contribution in [0.1, 0.15) is 19.8 Å². The Hall–Kier alpha value is -0.570. The van der Waals surface area contributed by atoms with E-state index in [1.165, 1.54) is 6.42 Å². The molecule has 1 aliphatic carbocycles. The maximum Gasteiger partial charge on any atom is 0.222 e. The van der Waals surface area contributed by atoms with Crippen LogP contribution in [0.25, 0.3) is 0 Å². The lowest BCUT2D eigenvalue weighted by atomic mass is 10.1. The van der Waals surface area contributed by atoms with Crippen LogP contribution < -0.4 is 5.73 Å². The van der Waals surface area contributed by atoms with Crippen LogP contribution in [0.2, 0.25) is 0 Å². The fourth-order valence-electron chi connectivity index (χ4n) is 2.12. The SMILES string of the molecule is CC1CC1CN1CC(CN)CC1=O. The van der Waals surface area contributed by atoms with E-state index in [2.05, 4.69) is 6.92 Å². The molecule has 3 unspecified atom stereocenters. The zero-order valence-corrected chi connectivity index (χ0v) is 8.20. The van der Waals surface area contributed by atoms with E-state index in [0.29, 0.717) is 24.8 Å². The quantitative estimate of drug-likeness (QED) is 0.689. The molecule has 0 bridgehead atoms. The second-order valence-electron chi connectivity index (χ2n) is 4.58. The summed E-state index contributed by atoms with van der Waals surface area (Å²) < 4.78 is 0. The molecule has 0 aromatic heterocycles. The molecule has 0 radical (unpaired) electrons. The summed E-state index contributed by atoms with van der Waals surface area (Å²) in [6.45, 7) is 4.79. The Morgan fingerprint density at radius 1 is 1.62 bits per heavy atom. The van der Waals surface area contributed by atoms with Crippen molar-refractivity contribution in [3.63, 3.8) is 0 Å². The van der Waals surface area contributed by atoms with Gasteiger partial charge in [-0.1, -0.05) is 6.92 Å². The van der Waals surface area contributed by atoms with Crippen molar-refractivity contribution in [1.29, 1.82) is 0 Å². The molecule has 3 nitrogen and oxygen atoms in total. The van der Waals surface area contributed by atoms with Crippen LogP contribution >= 0.6 is 0 Å². The van der Waals surface area contributed by atoms with E-state index in [0.717, 1.165) is 24.9 Å². The average molecular weight is 182 g/mol. The van der Waals surface area contributed by atoms with Gasteiger partial charge in [0.05, 0.1) is 0 Å². The molecule has 2 N–H and O–H groups in total. The standard InChI is InChI=1S/C10H18N2O/c1-7-2-9(7)6-12-5-8(4-11)3-10(12)13/h7-9H,2-6,11H2,1H3. The highest BCUT2D eigenvalue weighted by Gasteiger charge is 2.37. The number of nitrogens with zero attached hydrogens (tertiary/aromatic N) is 1. The van der Waals surface area contributed by atoms with E-state index in [-0.39, 0.29) is 0 Å². The lowest BCUT2D eigenvalue weighted by Crippen LogP contribution is -2.28. The first kappa shape index (κ1) is 9.00. The minimum atomic E-state index is 0.314. The first-order valence-corrected chi connectivity index (χ1v) is 5.18. The molecule has 3 atom stereocenters. The summed E-state index contributed by atoms with van der Waals surface area (Å²) in [6, 6.07) is 0. The van der Waals surface area contributed by atoms with Gasteiger partial charge in [0.2, 0.25) is 5.91 Å². The molecular weight excluding hydrogens is 164 g/mol. The number of nitrogens with two attached hydrogens (primary N) is 1. The molecule has 0 aromatic rings. The fourth-order valence-corrected chi connectivity index (χ4v) is 2.12. The van der Waals surface area contributed by atoms with Crippen molar-refractivity contribution in [2.75, 3.05) is 19.6 Å². The van der Waals surface area contributed by atoms with Crippen LogP contribution in [-0.4, -0.2) is 30.4 Å². The zero-order valence-electron chi connectivity index (χ0n) is 8.20. The van der Waals surface area contributed by atoms with Gasteiger partial charge in [-0.2, -0.15) is 0 Å². The Labute approximate surface area is 79.3 Å². The van der Waals surface area contributed by atoms with Gasteiger partial charge in [0.15, 0.2) is 0 Å². The third kappa shape index (κ3) is 1.85. The van der Waals surface area contributed by atoms with Gasteiger partial charge in [0.25, 0.3) is 0 Å². The summed E-state index contributed by atoms with van der Waals surface area (Å²) in [5.74, 6) is 2.35. The third-order valence-electron chi connectivity index (χ3n) is 3.36. The number of carbonyl (C=O) groups excluding carboxylic acids is 1. The van der Waals surface area contributed by atoms with Gasteiger partial charge < -0.3 is 10.6 Å². The summed E-state index contributed by atoms with van der Waals surface area (Å²) in [5, 5.41) is 0. The number of amides is 1. The summed E-state index contributed by atoms with van der Waals surface area (Å²) in [4.78, 5) is 13.5. The summed E-state index contributed by atoms with van der Waals surface area (Å²) >= 11 is 0. The Bertz CT molecular complexity index is 217. The number of carbonyl (C=O) groups is 1. The Kier molecular flexibility index (Phi) is 2.28. The monoisotopic (exact) mass is 182 g/mol. The van der Waals surface area contributed by atoms with Crippen LogP contribution in [0.5, 0.6) is 0 Å². The predicted molar refractivity (Wildman–Crippen MR) is 51.0 cm³/mol. The maximum absolute atomic E-state index is 11.5. The van der Waals surface area contributed by atoms with Gasteiger partial charge in [-0.15, -0.1) is 0 Å². The van der Waals surface area contributed by atoms with E-state index >= 15 is 0 Å². The van der Waals surface area contributed by atoms with Crippen LogP contribution in [0, 0.1) is 17.8 Å². The van der Waals surface area contributed by atoms with Gasteiger partial charge in [0.1, 0.15) is 0 Å². The molecule has 0 spiro atoms. The molecule has 2 rings (SSSR count). The van der Waals surface area contributed by atoms with Crippen LogP contribution in [0.4, 0.5) is 0 Å². The Balaban J connectivity index is 1.83. The largest absolute Gasteiger partial charge is 0.342 e. The first-order chi connectivity index (χ1) is 6.20. The van der Waals surface area contributed by atoms with E-state index in [1.807, 2.05) is 4.90 Å². The first-order valence-electron chi connectivity index (χ1n) is 5.18. The van der Waals surface area contributed by atoms with Crippen molar-refractivity contribution in [3.8, 4) is 0 Å². The van der Waals surface area contributed by atoms with Gasteiger partial charge in [-0.3, -0.25) is 4.79 Å². The van der Waals surface area contributed by atoms with Crippen LogP contribution in [0.3, 0.4) is 0 Å². The Morgan fingerprint density at radius 2 is 2.31 bits per heavy atom. The molecular formula is C10H18N2O. The van der Waals surface area contributed by atoms with Crippen molar-refractivity contribution in [3.05, 3.63) is 0 Å². The zero-order chi connectivity index (χ0) is 9.42. The van der Waals surface area contributed by atoms with Crippen molar-refractivity contribution in [2.45, 2.75) is 19.8 Å². The molecule has 0 aromatic carbocycles. The van der Waals surface area contributed by atoms with Crippen LogP contribution in [0.15, 0.2) is 0 Å². The molecule has 2 aliphatic rings. The number of likely N-dealkylation sites (tertiary alicyclic amines) is 1. The minimum Gasteiger partial charge on any atom is -0.342 e. The molecule has 1 saturated carbocycles. The number of hydrogen-bond donors (Lipinski definition) is 1. The second-order valence-corrected chi connectivity index (χ2v) is 4.58. The minimum absolute atomic E-state index is 0.314. The topological polar surface area (TPSA) is 46.3 Å². The van der Waals surface area contributed by atoms with E-state index < -0.39 is 0 Å². The van der Waals surface area contributed by atoms with Gasteiger partial charge in [-0.25, -0.2) is 0 Å². The number of rotatable bonds is 3. The molecule has 2 fully saturated rings. The molecule has 1 heterocycles. The van der Waals surface area contributed by atoms with Crippen molar-refractivity contribution >= 4 is 5.91 Å².